The summed E-state index contributed by atoms with van der Waals surface area (Å²) in [6.07, 6.45) is -3.87. The molecule has 2 amide bonds. The number of urea groups is 1. The van der Waals surface area contributed by atoms with Gasteiger partial charge in [0.25, 0.3) is 7.82 Å². The van der Waals surface area contributed by atoms with Crippen molar-refractivity contribution in [3.63, 3.8) is 0 Å². The van der Waals surface area contributed by atoms with Crippen LogP contribution >= 0.6 is 15.4 Å². The van der Waals surface area contributed by atoms with Crippen LogP contribution in [-0.2, 0) is 27.4 Å². The first-order valence-corrected chi connectivity index (χ1v) is 15.2. The second-order valence-corrected chi connectivity index (χ2v) is 12.8. The zero-order valence-electron chi connectivity index (χ0n) is 21.3. The van der Waals surface area contributed by atoms with Gasteiger partial charge >= 0.3 is 6.03 Å². The first kappa shape index (κ1) is 28.7. The monoisotopic (exact) mass is 592 g/mol. The molecule has 5 rings (SSSR count). The van der Waals surface area contributed by atoms with Crippen LogP contribution in [0.2, 0.25) is 0 Å². The number of rotatable bonds is 8. The summed E-state index contributed by atoms with van der Waals surface area (Å²) in [5, 5.41) is 23.3. The van der Waals surface area contributed by atoms with Crippen molar-refractivity contribution < 1.29 is 52.2 Å². The molecule has 3 aliphatic rings. The number of ether oxygens (including phenoxy) is 2. The van der Waals surface area contributed by atoms with Gasteiger partial charge in [-0.15, -0.1) is 0 Å². The molecule has 0 bridgehead atoms. The molecule has 2 aromatic carbocycles. The molecule has 0 spiro atoms. The maximum Gasteiger partial charge on any atom is 0.326 e. The molecule has 4 unspecified atom stereocenters. The van der Waals surface area contributed by atoms with Gasteiger partial charge in [-0.25, -0.2) is 4.79 Å². The van der Waals surface area contributed by atoms with Crippen molar-refractivity contribution in [2.75, 3.05) is 6.61 Å². The Morgan fingerprint density at radius 2 is 1.77 bits per heavy atom. The predicted molar refractivity (Wildman–Crippen MR) is 136 cm³/mol. The Labute approximate surface area is 229 Å². The quantitative estimate of drug-likeness (QED) is 0.367. The van der Waals surface area contributed by atoms with Gasteiger partial charge in [0.1, 0.15) is 24.1 Å². The molecule has 0 saturated carbocycles. The number of aryl methyl sites for hydroxylation is 2. The molecular formula is C25H26N2O11P2-2. The number of carbonyl (C=O) groups excluding carboxylic acids is 1. The summed E-state index contributed by atoms with van der Waals surface area (Å²) in [6, 6.07) is 12.5. The molecule has 0 aliphatic carbocycles. The Morgan fingerprint density at radius 1 is 1.05 bits per heavy atom. The van der Waals surface area contributed by atoms with Crippen LogP contribution in [0.3, 0.4) is 0 Å². The highest BCUT2D eigenvalue weighted by Crippen LogP contribution is 2.54. The van der Waals surface area contributed by atoms with E-state index in [1.54, 1.807) is 19.9 Å². The van der Waals surface area contributed by atoms with Gasteiger partial charge in [0.15, 0.2) is 13.8 Å². The van der Waals surface area contributed by atoms with Crippen molar-refractivity contribution in [2.45, 2.75) is 44.6 Å². The fraction of sp³-hybridized carbons (Fsp3) is 0.320. The van der Waals surface area contributed by atoms with Crippen LogP contribution in [-0.4, -0.2) is 58.5 Å². The standard InChI is InChI=1S/C25H28N2O11P2/c1-14-8-9-18(10-15(14)2)39(31,32)38-40(33,34)35-13-20-21(28)22(29)24(37-20)27-12-17-11-19(16-6-4-3-5-7-16)36-23(17)26-25(27)30/h3-12,20-24,28-29H,13H2,1-2H3,(H,26,30)(H,31,32)(H,33,34)/p-2/t20-,21?,22+,23?,24-/m1/s1. The van der Waals surface area contributed by atoms with Crippen molar-refractivity contribution in [1.82, 2.24) is 10.2 Å². The van der Waals surface area contributed by atoms with Crippen molar-refractivity contribution in [1.29, 1.82) is 0 Å². The van der Waals surface area contributed by atoms with Gasteiger partial charge in [0.05, 0.1) is 6.61 Å². The van der Waals surface area contributed by atoms with E-state index in [-0.39, 0.29) is 5.30 Å². The van der Waals surface area contributed by atoms with Crippen LogP contribution in [0.5, 0.6) is 0 Å². The lowest BCUT2D eigenvalue weighted by atomic mass is 10.1. The lowest BCUT2D eigenvalue weighted by Crippen LogP contribution is -2.54. The first-order valence-electron chi connectivity index (χ1n) is 12.2. The van der Waals surface area contributed by atoms with Gasteiger partial charge in [-0.05, 0) is 37.1 Å². The second-order valence-electron chi connectivity index (χ2n) is 9.50. The summed E-state index contributed by atoms with van der Waals surface area (Å²) in [7, 11) is -10.5. The third kappa shape index (κ3) is 5.80. The summed E-state index contributed by atoms with van der Waals surface area (Å²) >= 11 is 0. The number of aliphatic hydroxyl groups excluding tert-OH is 2. The fourth-order valence-corrected chi connectivity index (χ4v) is 6.94. The number of nitrogens with one attached hydrogen (secondary N) is 1. The second kappa shape index (κ2) is 10.9. The minimum atomic E-state index is -5.45. The minimum Gasteiger partial charge on any atom is -0.775 e. The van der Waals surface area contributed by atoms with Gasteiger partial charge in [-0.2, -0.15) is 0 Å². The van der Waals surface area contributed by atoms with Crippen molar-refractivity contribution in [2.24, 2.45) is 0 Å². The predicted octanol–water partition coefficient (Wildman–Crippen LogP) is 0.737. The number of hydrogen-bond acceptors (Lipinski definition) is 11. The molecule has 1 fully saturated rings. The maximum atomic E-state index is 12.8. The number of aliphatic hydroxyl groups is 2. The molecule has 1 saturated heterocycles. The highest BCUT2D eigenvalue weighted by atomic mass is 31.3. The summed E-state index contributed by atoms with van der Waals surface area (Å²) in [6.45, 7) is 2.52. The minimum absolute atomic E-state index is 0.356. The number of benzene rings is 2. The average molecular weight is 592 g/mol. The lowest BCUT2D eigenvalue weighted by Gasteiger charge is -2.33. The Hall–Kier alpha value is -2.83. The molecule has 214 valence electrons. The molecule has 13 nitrogen and oxygen atoms in total. The molecule has 3 aliphatic heterocycles. The third-order valence-electron chi connectivity index (χ3n) is 6.70. The van der Waals surface area contributed by atoms with Crippen LogP contribution in [0.15, 0.2) is 66.4 Å². The SMILES string of the molecule is Cc1ccc(P(=O)([O-])OP(=O)([O-])OC[C@H]2O[C@@H](N3C=C4C=C(c5ccccc5)OC4NC3=O)[C@@H](O)C2O)cc1C. The molecule has 3 N–H and O–H groups in total. The summed E-state index contributed by atoms with van der Waals surface area (Å²) in [5.41, 5.74) is 2.74. The van der Waals surface area contributed by atoms with Gasteiger partial charge in [-0.3, -0.25) is 19.1 Å². The number of phosphoric acid groups is 1. The smallest absolute Gasteiger partial charge is 0.326 e. The van der Waals surface area contributed by atoms with E-state index in [0.717, 1.165) is 16.0 Å². The number of amides is 2. The van der Waals surface area contributed by atoms with Crippen LogP contribution in [0.25, 0.3) is 5.76 Å². The lowest BCUT2D eigenvalue weighted by molar-refractivity contribution is -0.232. The molecule has 0 radical (unpaired) electrons. The van der Waals surface area contributed by atoms with E-state index >= 15 is 0 Å². The van der Waals surface area contributed by atoms with E-state index in [0.29, 0.717) is 16.9 Å². The van der Waals surface area contributed by atoms with E-state index < -0.39 is 58.8 Å². The number of carbonyl (C=O) groups is 1. The zero-order valence-corrected chi connectivity index (χ0v) is 23.1. The molecule has 15 heteroatoms. The summed E-state index contributed by atoms with van der Waals surface area (Å²) < 4.78 is 45.2. The zero-order chi connectivity index (χ0) is 28.8. The summed E-state index contributed by atoms with van der Waals surface area (Å²) in [4.78, 5) is 38.6. The topological polar surface area (TPSA) is 190 Å². The molecular weight excluding hydrogens is 566 g/mol. The fourth-order valence-electron chi connectivity index (χ4n) is 4.38. The highest BCUT2D eigenvalue weighted by Gasteiger charge is 2.49. The van der Waals surface area contributed by atoms with E-state index in [9.17, 15) is 33.9 Å². The molecule has 3 heterocycles. The van der Waals surface area contributed by atoms with Crippen LogP contribution < -0.4 is 20.4 Å². The normalized spacial score (nSPS) is 29.0. The highest BCUT2D eigenvalue weighted by molar-refractivity contribution is 7.67. The third-order valence-corrected chi connectivity index (χ3v) is 9.74. The van der Waals surface area contributed by atoms with E-state index in [4.69, 9.17) is 9.47 Å². The first-order chi connectivity index (χ1) is 18.8. The van der Waals surface area contributed by atoms with E-state index in [2.05, 4.69) is 14.2 Å². The average Bonchev–Trinajstić information content (AvgIpc) is 3.44. The Balaban J connectivity index is 1.25. The van der Waals surface area contributed by atoms with Gasteiger partial charge in [0, 0.05) is 22.6 Å². The molecule has 0 aromatic heterocycles. The molecule has 40 heavy (non-hydrogen) atoms. The Morgan fingerprint density at radius 3 is 2.48 bits per heavy atom. The van der Waals surface area contributed by atoms with E-state index in [1.807, 2.05) is 30.3 Å². The van der Waals surface area contributed by atoms with Crippen molar-refractivity contribution in [3.8, 4) is 0 Å². The van der Waals surface area contributed by atoms with Crippen molar-refractivity contribution in [3.05, 3.63) is 83.1 Å². The van der Waals surface area contributed by atoms with Gasteiger partial charge in [0.2, 0.25) is 6.23 Å². The Kier molecular flexibility index (Phi) is 7.79. The van der Waals surface area contributed by atoms with Crippen LogP contribution in [0.1, 0.15) is 16.7 Å². The number of hydrogen-bond donors (Lipinski definition) is 3. The summed E-state index contributed by atoms with van der Waals surface area (Å²) in [5.74, 6) is 0.515. The van der Waals surface area contributed by atoms with Crippen molar-refractivity contribution >= 4 is 32.5 Å². The number of fused-ring (bicyclic) bond motifs is 1. The van der Waals surface area contributed by atoms with Gasteiger partial charge < -0.3 is 38.6 Å². The largest absolute Gasteiger partial charge is 0.775 e. The number of phosphoric ester groups is 1. The maximum absolute atomic E-state index is 12.8. The molecule has 7 atom stereocenters. The van der Waals surface area contributed by atoms with Crippen LogP contribution in [0, 0.1) is 13.8 Å². The van der Waals surface area contributed by atoms with Gasteiger partial charge in [-0.1, -0.05) is 42.5 Å². The number of nitrogens with zero attached hydrogens (tertiary/aromatic N) is 1. The molecule has 2 aromatic rings. The van der Waals surface area contributed by atoms with E-state index in [1.165, 1.54) is 24.4 Å². The van der Waals surface area contributed by atoms with Crippen LogP contribution in [0.4, 0.5) is 4.79 Å². The Bertz CT molecular complexity index is 1460.